The van der Waals surface area contributed by atoms with Crippen LogP contribution in [0.15, 0.2) is 0 Å². The van der Waals surface area contributed by atoms with Crippen molar-refractivity contribution in [3.63, 3.8) is 0 Å². The minimum Gasteiger partial charge on any atom is -0.479 e. The second kappa shape index (κ2) is 3.60. The molecular weight excluding hydrogens is 226 g/mol. The summed E-state index contributed by atoms with van der Waals surface area (Å²) in [5, 5.41) is 9.28. The van der Waals surface area contributed by atoms with Crippen molar-refractivity contribution in [2.75, 3.05) is 13.2 Å². The van der Waals surface area contributed by atoms with Crippen LogP contribution in [0.4, 0.5) is 4.79 Å². The van der Waals surface area contributed by atoms with E-state index in [1.807, 2.05) is 0 Å². The van der Waals surface area contributed by atoms with Gasteiger partial charge in [-0.15, -0.1) is 0 Å². The van der Waals surface area contributed by atoms with Crippen molar-refractivity contribution in [1.82, 2.24) is 4.90 Å². The van der Waals surface area contributed by atoms with E-state index in [0.717, 1.165) is 0 Å². The van der Waals surface area contributed by atoms with Gasteiger partial charge >= 0.3 is 12.1 Å². The van der Waals surface area contributed by atoms with Gasteiger partial charge < -0.3 is 14.6 Å². The van der Waals surface area contributed by atoms with Gasteiger partial charge in [0.2, 0.25) is 0 Å². The Morgan fingerprint density at radius 2 is 2.12 bits per heavy atom. The molecular formula is C11H17NO5. The van der Waals surface area contributed by atoms with Crippen LogP contribution in [-0.2, 0) is 14.3 Å². The molecule has 0 radical (unpaired) electrons. The monoisotopic (exact) mass is 243 g/mol. The Morgan fingerprint density at radius 3 is 2.59 bits per heavy atom. The Morgan fingerprint density at radius 1 is 1.47 bits per heavy atom. The first-order valence-electron chi connectivity index (χ1n) is 5.60. The maximum atomic E-state index is 11.9. The number of carbonyl (C=O) groups is 2. The number of hydrogen-bond donors (Lipinski definition) is 1. The molecule has 2 aliphatic heterocycles. The highest BCUT2D eigenvalue weighted by molar-refractivity contribution is 5.86. The molecule has 96 valence electrons. The zero-order valence-electron chi connectivity index (χ0n) is 10.2. The minimum absolute atomic E-state index is 0.0479. The molecule has 6 heteroatoms. The van der Waals surface area contributed by atoms with Gasteiger partial charge in [0.05, 0.1) is 19.3 Å². The molecule has 2 aliphatic rings. The quantitative estimate of drug-likeness (QED) is 0.738. The molecule has 0 unspecified atom stereocenters. The minimum atomic E-state index is -1.23. The lowest BCUT2D eigenvalue weighted by Gasteiger charge is -2.35. The molecule has 0 aromatic carbocycles. The Balaban J connectivity index is 2.17. The average molecular weight is 243 g/mol. The third kappa shape index (κ3) is 1.97. The first kappa shape index (κ1) is 12.2. The molecule has 1 amide bonds. The lowest BCUT2D eigenvalue weighted by molar-refractivity contribution is -0.152. The molecule has 0 saturated carbocycles. The topological polar surface area (TPSA) is 76.1 Å². The van der Waals surface area contributed by atoms with Gasteiger partial charge in [0.25, 0.3) is 0 Å². The predicted octanol–water partition coefficient (Wildman–Crippen LogP) is 0.849. The van der Waals surface area contributed by atoms with E-state index in [1.54, 1.807) is 20.8 Å². The van der Waals surface area contributed by atoms with Crippen LogP contribution in [0.1, 0.15) is 27.2 Å². The van der Waals surface area contributed by atoms with E-state index < -0.39 is 23.2 Å². The van der Waals surface area contributed by atoms with Gasteiger partial charge in [-0.3, -0.25) is 4.90 Å². The number of fused-ring (bicyclic) bond motifs is 2. The van der Waals surface area contributed by atoms with Gasteiger partial charge in [-0.1, -0.05) is 0 Å². The van der Waals surface area contributed by atoms with Crippen molar-refractivity contribution in [2.24, 2.45) is 0 Å². The maximum Gasteiger partial charge on any atom is 0.411 e. The zero-order chi connectivity index (χ0) is 12.8. The van der Waals surface area contributed by atoms with Crippen LogP contribution in [-0.4, -0.2) is 52.5 Å². The van der Waals surface area contributed by atoms with Gasteiger partial charge in [0, 0.05) is 6.42 Å². The van der Waals surface area contributed by atoms with Crippen molar-refractivity contribution >= 4 is 12.1 Å². The van der Waals surface area contributed by atoms with Crippen molar-refractivity contribution in [1.29, 1.82) is 0 Å². The molecule has 2 bridgehead atoms. The van der Waals surface area contributed by atoms with Gasteiger partial charge in [0.1, 0.15) is 5.60 Å². The molecule has 2 saturated heterocycles. The second-order valence-corrected chi connectivity index (χ2v) is 5.56. The number of nitrogens with zero attached hydrogens (tertiary/aromatic N) is 1. The molecule has 2 heterocycles. The summed E-state index contributed by atoms with van der Waals surface area (Å²) >= 11 is 0. The number of carboxylic acids is 1. The van der Waals surface area contributed by atoms with Gasteiger partial charge in [-0.05, 0) is 20.8 Å². The molecule has 6 nitrogen and oxygen atoms in total. The van der Waals surface area contributed by atoms with Gasteiger partial charge in [0.15, 0.2) is 5.54 Å². The maximum absolute atomic E-state index is 11.9. The van der Waals surface area contributed by atoms with Crippen LogP contribution >= 0.6 is 0 Å². The highest BCUT2D eigenvalue weighted by Crippen LogP contribution is 2.39. The van der Waals surface area contributed by atoms with Crippen LogP contribution in [0.5, 0.6) is 0 Å². The molecule has 0 aromatic rings. The number of carboxylic acid groups (broad SMARTS) is 1. The third-order valence-electron chi connectivity index (χ3n) is 3.04. The Hall–Kier alpha value is -1.30. The summed E-state index contributed by atoms with van der Waals surface area (Å²) in [6.07, 6.45) is -0.411. The van der Waals surface area contributed by atoms with Crippen molar-refractivity contribution < 1.29 is 24.2 Å². The van der Waals surface area contributed by atoms with Crippen LogP contribution in [0.2, 0.25) is 0 Å². The number of aliphatic carboxylic acids is 1. The average Bonchev–Trinajstić information content (AvgIpc) is 2.72. The van der Waals surface area contributed by atoms with E-state index in [0.29, 0.717) is 13.0 Å². The Bertz CT molecular complexity index is 361. The normalized spacial score (nSPS) is 31.7. The number of morpholine rings is 1. The number of hydrogen-bond acceptors (Lipinski definition) is 4. The molecule has 0 spiro atoms. The Labute approximate surface area is 99.5 Å². The van der Waals surface area contributed by atoms with Crippen LogP contribution in [0.25, 0.3) is 0 Å². The van der Waals surface area contributed by atoms with Crippen molar-refractivity contribution in [3.05, 3.63) is 0 Å². The van der Waals surface area contributed by atoms with E-state index >= 15 is 0 Å². The first-order valence-corrected chi connectivity index (χ1v) is 5.60. The number of amides is 1. The van der Waals surface area contributed by atoms with Gasteiger partial charge in [-0.2, -0.15) is 0 Å². The summed E-state index contributed by atoms with van der Waals surface area (Å²) in [6.45, 7) is 5.60. The second-order valence-electron chi connectivity index (χ2n) is 5.56. The Kier molecular flexibility index (Phi) is 2.57. The standard InChI is InChI=1S/C11H17NO5/c1-10(2,3)17-9(15)12-5-7-4-11(12,6-16-7)8(13)14/h7H,4-6H2,1-3H3,(H,13,14)/t7-,11-/m1/s1. The first-order chi connectivity index (χ1) is 7.74. The van der Waals surface area contributed by atoms with Crippen LogP contribution in [0, 0.1) is 0 Å². The number of likely N-dealkylation sites (tertiary alicyclic amines) is 1. The summed E-state index contributed by atoms with van der Waals surface area (Å²) in [4.78, 5) is 24.6. The van der Waals surface area contributed by atoms with E-state index in [-0.39, 0.29) is 12.7 Å². The lowest BCUT2D eigenvalue weighted by Crippen LogP contribution is -2.57. The zero-order valence-corrected chi connectivity index (χ0v) is 10.2. The number of carbonyl (C=O) groups excluding carboxylic acids is 1. The van der Waals surface area contributed by atoms with E-state index in [1.165, 1.54) is 4.90 Å². The predicted molar refractivity (Wildman–Crippen MR) is 57.7 cm³/mol. The fourth-order valence-electron chi connectivity index (χ4n) is 2.26. The summed E-state index contributed by atoms with van der Waals surface area (Å²) in [5.41, 5.74) is -1.85. The number of ether oxygens (including phenoxy) is 2. The van der Waals surface area contributed by atoms with Crippen LogP contribution in [0.3, 0.4) is 0 Å². The van der Waals surface area contributed by atoms with E-state index in [9.17, 15) is 14.7 Å². The van der Waals surface area contributed by atoms with E-state index in [2.05, 4.69) is 0 Å². The van der Waals surface area contributed by atoms with Crippen molar-refractivity contribution in [2.45, 2.75) is 44.4 Å². The molecule has 2 rings (SSSR count). The summed E-state index contributed by atoms with van der Waals surface area (Å²) in [5.74, 6) is -1.02. The highest BCUT2D eigenvalue weighted by Gasteiger charge is 2.60. The molecule has 2 fully saturated rings. The fourth-order valence-corrected chi connectivity index (χ4v) is 2.26. The molecule has 2 atom stereocenters. The number of rotatable bonds is 1. The van der Waals surface area contributed by atoms with Crippen molar-refractivity contribution in [3.8, 4) is 0 Å². The lowest BCUT2D eigenvalue weighted by atomic mass is 10.00. The smallest absolute Gasteiger partial charge is 0.411 e. The summed E-state index contributed by atoms with van der Waals surface area (Å²) < 4.78 is 10.5. The molecule has 0 aliphatic carbocycles. The highest BCUT2D eigenvalue weighted by atomic mass is 16.6. The SMILES string of the molecule is CC(C)(C)OC(=O)N1C[C@H]2C[C@]1(C(=O)O)CO2. The fraction of sp³-hybridized carbons (Fsp3) is 0.818. The third-order valence-corrected chi connectivity index (χ3v) is 3.04. The van der Waals surface area contributed by atoms with E-state index in [4.69, 9.17) is 9.47 Å². The summed E-state index contributed by atoms with van der Waals surface area (Å²) in [7, 11) is 0. The van der Waals surface area contributed by atoms with Gasteiger partial charge in [-0.25, -0.2) is 9.59 Å². The molecule has 17 heavy (non-hydrogen) atoms. The summed E-state index contributed by atoms with van der Waals surface area (Å²) in [6, 6.07) is 0. The molecule has 1 N–H and O–H groups in total. The largest absolute Gasteiger partial charge is 0.479 e. The van der Waals surface area contributed by atoms with Crippen LogP contribution < -0.4 is 0 Å². The molecule has 0 aromatic heterocycles.